The maximum atomic E-state index is 12.4. The van der Waals surface area contributed by atoms with E-state index in [2.05, 4.69) is 4.98 Å². The summed E-state index contributed by atoms with van der Waals surface area (Å²) in [6, 6.07) is 25.3. The zero-order valence-electron chi connectivity index (χ0n) is 14.7. The number of allylic oxidation sites excluding steroid dienone is 1. The van der Waals surface area contributed by atoms with Crippen LogP contribution in [0.1, 0.15) is 15.9 Å². The van der Waals surface area contributed by atoms with Crippen LogP contribution >= 0.6 is 0 Å². The molecule has 4 nitrogen and oxygen atoms in total. The monoisotopic (exact) mass is 354 g/mol. The van der Waals surface area contributed by atoms with Gasteiger partial charge in [0.25, 0.3) is 5.91 Å². The van der Waals surface area contributed by atoms with Crippen molar-refractivity contribution in [3.63, 3.8) is 0 Å². The van der Waals surface area contributed by atoms with E-state index >= 15 is 0 Å². The van der Waals surface area contributed by atoms with Gasteiger partial charge >= 0.3 is 0 Å². The summed E-state index contributed by atoms with van der Waals surface area (Å²) < 4.78 is 7.32. The van der Waals surface area contributed by atoms with E-state index in [1.807, 2.05) is 78.9 Å². The van der Waals surface area contributed by atoms with Gasteiger partial charge in [0.1, 0.15) is 18.7 Å². The second-order valence-corrected chi connectivity index (χ2v) is 6.12. The van der Waals surface area contributed by atoms with Gasteiger partial charge in [-0.15, -0.1) is 0 Å². The number of fused-ring (bicyclic) bond motifs is 1. The molecule has 0 saturated heterocycles. The van der Waals surface area contributed by atoms with Crippen molar-refractivity contribution < 1.29 is 9.53 Å². The second kappa shape index (κ2) is 7.70. The van der Waals surface area contributed by atoms with Crippen molar-refractivity contribution >= 4 is 23.0 Å². The number of ether oxygens (including phenoxy) is 1. The molecule has 0 aliphatic rings. The first kappa shape index (κ1) is 16.8. The molecule has 3 aromatic carbocycles. The lowest BCUT2D eigenvalue weighted by Gasteiger charge is -2.06. The minimum absolute atomic E-state index is 0.131. The van der Waals surface area contributed by atoms with Gasteiger partial charge in [0.2, 0.25) is 0 Å². The van der Waals surface area contributed by atoms with Crippen LogP contribution in [-0.4, -0.2) is 15.5 Å². The van der Waals surface area contributed by atoms with E-state index in [4.69, 9.17) is 4.74 Å². The predicted molar refractivity (Wildman–Crippen MR) is 107 cm³/mol. The summed E-state index contributed by atoms with van der Waals surface area (Å²) in [4.78, 5) is 16.7. The second-order valence-electron chi connectivity index (χ2n) is 6.12. The maximum absolute atomic E-state index is 12.4. The number of para-hydroxylation sites is 2. The zero-order chi connectivity index (χ0) is 18.5. The van der Waals surface area contributed by atoms with Gasteiger partial charge in [0.05, 0.1) is 11.0 Å². The standard InChI is InChI=1S/C23H18N2O2/c26-23(25-17-24-21-8-4-5-9-22(21)25)15-12-18-10-13-20(14-11-18)27-16-19-6-2-1-3-7-19/h1-15,17H,16H2/b15-12+. The van der Waals surface area contributed by atoms with Crippen LogP contribution in [0.4, 0.5) is 0 Å². The Morgan fingerprint density at radius 3 is 2.48 bits per heavy atom. The lowest BCUT2D eigenvalue weighted by molar-refractivity contribution is 0.0974. The zero-order valence-corrected chi connectivity index (χ0v) is 14.7. The Labute approximate surface area is 157 Å². The van der Waals surface area contributed by atoms with Crippen molar-refractivity contribution in [1.82, 2.24) is 9.55 Å². The van der Waals surface area contributed by atoms with E-state index in [0.29, 0.717) is 6.61 Å². The van der Waals surface area contributed by atoms with Gasteiger partial charge in [-0.25, -0.2) is 4.98 Å². The normalized spacial score (nSPS) is 11.1. The molecule has 1 aromatic heterocycles. The molecule has 0 radical (unpaired) electrons. The summed E-state index contributed by atoms with van der Waals surface area (Å²) in [6.45, 7) is 0.530. The van der Waals surface area contributed by atoms with Crippen LogP contribution in [0.15, 0.2) is 91.3 Å². The number of aromatic nitrogens is 2. The fraction of sp³-hybridized carbons (Fsp3) is 0.0435. The molecule has 132 valence electrons. The molecule has 0 amide bonds. The van der Waals surface area contributed by atoms with Crippen molar-refractivity contribution in [1.29, 1.82) is 0 Å². The highest BCUT2D eigenvalue weighted by atomic mass is 16.5. The van der Waals surface area contributed by atoms with Crippen molar-refractivity contribution in [2.75, 3.05) is 0 Å². The SMILES string of the molecule is O=C(/C=C/c1ccc(OCc2ccccc2)cc1)n1cnc2ccccc21. The number of hydrogen-bond acceptors (Lipinski definition) is 3. The molecule has 0 bridgehead atoms. The number of nitrogens with zero attached hydrogens (tertiary/aromatic N) is 2. The van der Waals surface area contributed by atoms with E-state index in [0.717, 1.165) is 27.9 Å². The average Bonchev–Trinajstić information content (AvgIpc) is 3.16. The molecule has 0 fully saturated rings. The summed E-state index contributed by atoms with van der Waals surface area (Å²) in [7, 11) is 0. The number of carbonyl (C=O) groups is 1. The molecule has 27 heavy (non-hydrogen) atoms. The Morgan fingerprint density at radius 2 is 1.67 bits per heavy atom. The third kappa shape index (κ3) is 3.96. The minimum Gasteiger partial charge on any atom is -0.489 e. The van der Waals surface area contributed by atoms with Crippen LogP contribution in [0, 0.1) is 0 Å². The Hall–Kier alpha value is -3.66. The summed E-state index contributed by atoms with van der Waals surface area (Å²) in [6.07, 6.45) is 4.89. The van der Waals surface area contributed by atoms with Gasteiger partial charge < -0.3 is 4.74 Å². The first-order valence-corrected chi connectivity index (χ1v) is 8.71. The smallest absolute Gasteiger partial charge is 0.256 e. The fourth-order valence-corrected chi connectivity index (χ4v) is 2.80. The molecular formula is C23H18N2O2. The lowest BCUT2D eigenvalue weighted by Crippen LogP contribution is -2.05. The van der Waals surface area contributed by atoms with E-state index in [1.165, 1.54) is 0 Å². The van der Waals surface area contributed by atoms with Crippen LogP contribution in [0.25, 0.3) is 17.1 Å². The minimum atomic E-state index is -0.131. The Kier molecular flexibility index (Phi) is 4.79. The van der Waals surface area contributed by atoms with Gasteiger partial charge in [-0.05, 0) is 41.5 Å². The Morgan fingerprint density at radius 1 is 0.926 bits per heavy atom. The van der Waals surface area contributed by atoms with Crippen molar-refractivity contribution in [2.24, 2.45) is 0 Å². The molecule has 4 heteroatoms. The number of benzene rings is 3. The molecule has 0 spiro atoms. The number of carbonyl (C=O) groups excluding carboxylic acids is 1. The van der Waals surface area contributed by atoms with E-state index in [9.17, 15) is 4.79 Å². The third-order valence-electron chi connectivity index (χ3n) is 4.24. The highest BCUT2D eigenvalue weighted by Gasteiger charge is 2.06. The summed E-state index contributed by atoms with van der Waals surface area (Å²) in [5.74, 6) is 0.663. The van der Waals surface area contributed by atoms with Crippen molar-refractivity contribution in [3.05, 3.63) is 102 Å². The van der Waals surface area contributed by atoms with E-state index in [1.54, 1.807) is 23.0 Å². The number of imidazole rings is 1. The molecule has 0 atom stereocenters. The largest absolute Gasteiger partial charge is 0.489 e. The fourth-order valence-electron chi connectivity index (χ4n) is 2.80. The van der Waals surface area contributed by atoms with Crippen LogP contribution in [0.3, 0.4) is 0 Å². The van der Waals surface area contributed by atoms with Crippen LogP contribution in [0.5, 0.6) is 5.75 Å². The summed E-state index contributed by atoms with van der Waals surface area (Å²) >= 11 is 0. The van der Waals surface area contributed by atoms with Crippen molar-refractivity contribution in [3.8, 4) is 5.75 Å². The molecule has 0 saturated carbocycles. The topological polar surface area (TPSA) is 44.1 Å². The molecule has 4 rings (SSSR count). The molecule has 0 aliphatic heterocycles. The molecule has 0 N–H and O–H groups in total. The molecular weight excluding hydrogens is 336 g/mol. The highest BCUT2D eigenvalue weighted by Crippen LogP contribution is 2.16. The average molecular weight is 354 g/mol. The van der Waals surface area contributed by atoms with Gasteiger partial charge in [-0.1, -0.05) is 54.6 Å². The van der Waals surface area contributed by atoms with E-state index < -0.39 is 0 Å². The maximum Gasteiger partial charge on any atom is 0.256 e. The number of rotatable bonds is 5. The highest BCUT2D eigenvalue weighted by molar-refractivity contribution is 5.99. The van der Waals surface area contributed by atoms with Crippen molar-refractivity contribution in [2.45, 2.75) is 6.61 Å². The van der Waals surface area contributed by atoms with Gasteiger partial charge in [-0.3, -0.25) is 9.36 Å². The first-order valence-electron chi connectivity index (χ1n) is 8.71. The lowest BCUT2D eigenvalue weighted by atomic mass is 10.2. The first-order chi connectivity index (χ1) is 13.3. The molecule has 0 unspecified atom stereocenters. The predicted octanol–water partition coefficient (Wildman–Crippen LogP) is 4.97. The Balaban J connectivity index is 1.41. The van der Waals surface area contributed by atoms with Gasteiger partial charge in [-0.2, -0.15) is 0 Å². The Bertz CT molecular complexity index is 1080. The van der Waals surface area contributed by atoms with Crippen LogP contribution in [-0.2, 0) is 6.61 Å². The number of hydrogen-bond donors (Lipinski definition) is 0. The van der Waals surface area contributed by atoms with Crippen LogP contribution in [0.2, 0.25) is 0 Å². The van der Waals surface area contributed by atoms with E-state index in [-0.39, 0.29) is 5.91 Å². The molecule has 0 aliphatic carbocycles. The van der Waals surface area contributed by atoms with Gasteiger partial charge in [0.15, 0.2) is 0 Å². The molecule has 1 heterocycles. The third-order valence-corrected chi connectivity index (χ3v) is 4.24. The summed E-state index contributed by atoms with van der Waals surface area (Å²) in [5, 5.41) is 0. The van der Waals surface area contributed by atoms with Gasteiger partial charge in [0, 0.05) is 6.08 Å². The molecule has 4 aromatic rings. The summed E-state index contributed by atoms with van der Waals surface area (Å²) in [5.41, 5.74) is 3.66. The van der Waals surface area contributed by atoms with Crippen LogP contribution < -0.4 is 4.74 Å². The quantitative estimate of drug-likeness (QED) is 0.475.